The van der Waals surface area contributed by atoms with E-state index in [9.17, 15) is 13.2 Å². The van der Waals surface area contributed by atoms with Crippen LogP contribution in [0.5, 0.6) is 11.6 Å². The molecular formula is C26H27N5O4S2. The molecule has 0 spiro atoms. The van der Waals surface area contributed by atoms with Crippen molar-refractivity contribution in [3.05, 3.63) is 65.3 Å². The van der Waals surface area contributed by atoms with E-state index in [1.54, 1.807) is 47.9 Å². The standard InChI is InChI=1S/C26H27N5O4S2/c1-16-12-14-31(26(16,3)4)24-19(7-6-13-27-24)25(32)30-37(33,34)23-9-5-8-22(29-23)35-18-10-11-21-20(15-18)28-17(2)36-21/h5-11,13,15-16H,12,14H2,1-4H3,(H,30,32). The van der Waals surface area contributed by atoms with Gasteiger partial charge >= 0.3 is 0 Å². The van der Waals surface area contributed by atoms with Crippen LogP contribution in [0.15, 0.2) is 59.8 Å². The zero-order valence-electron chi connectivity index (χ0n) is 20.9. The first-order chi connectivity index (χ1) is 17.5. The van der Waals surface area contributed by atoms with Crippen molar-refractivity contribution in [1.82, 2.24) is 19.7 Å². The Bertz CT molecular complexity index is 1600. The number of rotatable bonds is 6. The second-order valence-electron chi connectivity index (χ2n) is 9.58. The molecular weight excluding hydrogens is 510 g/mol. The number of nitrogens with zero attached hydrogens (tertiary/aromatic N) is 4. The van der Waals surface area contributed by atoms with E-state index in [1.807, 2.05) is 13.0 Å². The number of hydrogen-bond donors (Lipinski definition) is 1. The number of aryl methyl sites for hydroxylation is 1. The molecule has 0 saturated carbocycles. The maximum Gasteiger partial charge on any atom is 0.281 e. The molecule has 4 aromatic rings. The number of anilines is 1. The lowest BCUT2D eigenvalue weighted by molar-refractivity contribution is 0.0981. The van der Waals surface area contributed by atoms with Crippen molar-refractivity contribution in [2.24, 2.45) is 5.92 Å². The number of carbonyl (C=O) groups is 1. The first-order valence-corrected chi connectivity index (χ1v) is 14.2. The number of carbonyl (C=O) groups excluding carboxylic acids is 1. The number of pyridine rings is 2. The zero-order valence-corrected chi connectivity index (χ0v) is 22.6. The van der Waals surface area contributed by atoms with Crippen LogP contribution in [0.4, 0.5) is 5.82 Å². The third kappa shape index (κ3) is 4.88. The fraction of sp³-hybridized carbons (Fsp3) is 0.308. The Kier molecular flexibility index (Phi) is 6.36. The summed E-state index contributed by atoms with van der Waals surface area (Å²) in [6, 6.07) is 13.0. The Balaban J connectivity index is 1.37. The summed E-state index contributed by atoms with van der Waals surface area (Å²) in [5.74, 6) is 0.641. The van der Waals surface area contributed by atoms with E-state index in [4.69, 9.17) is 4.74 Å². The second-order valence-corrected chi connectivity index (χ2v) is 12.4. The van der Waals surface area contributed by atoms with Crippen LogP contribution in [0, 0.1) is 12.8 Å². The number of ether oxygens (including phenoxy) is 1. The van der Waals surface area contributed by atoms with Gasteiger partial charge in [0.1, 0.15) is 11.6 Å². The molecule has 0 radical (unpaired) electrons. The summed E-state index contributed by atoms with van der Waals surface area (Å²) in [6.07, 6.45) is 2.56. The molecule has 11 heteroatoms. The lowest BCUT2D eigenvalue weighted by Gasteiger charge is -2.36. The summed E-state index contributed by atoms with van der Waals surface area (Å²) in [5, 5.41) is 0.609. The quantitative estimate of drug-likeness (QED) is 0.368. The predicted octanol–water partition coefficient (Wildman–Crippen LogP) is 4.93. The number of nitrogens with one attached hydrogen (secondary N) is 1. The maximum atomic E-state index is 13.2. The number of thiazole rings is 1. The van der Waals surface area contributed by atoms with Gasteiger partial charge in [0.15, 0.2) is 5.03 Å². The molecule has 1 aliphatic rings. The van der Waals surface area contributed by atoms with Gasteiger partial charge in [0, 0.05) is 30.4 Å². The van der Waals surface area contributed by atoms with Crippen LogP contribution in [-0.4, -0.2) is 41.4 Å². The van der Waals surface area contributed by atoms with E-state index in [-0.39, 0.29) is 22.0 Å². The summed E-state index contributed by atoms with van der Waals surface area (Å²) in [7, 11) is -4.28. The minimum absolute atomic E-state index is 0.0801. The number of amides is 1. The van der Waals surface area contributed by atoms with Crippen LogP contribution in [-0.2, 0) is 10.0 Å². The number of fused-ring (bicyclic) bond motifs is 1. The first kappa shape index (κ1) is 25.1. The van der Waals surface area contributed by atoms with Crippen LogP contribution in [0.2, 0.25) is 0 Å². The number of sulfonamides is 1. The molecule has 1 aromatic carbocycles. The third-order valence-electron chi connectivity index (χ3n) is 6.86. The van der Waals surface area contributed by atoms with E-state index < -0.39 is 15.9 Å². The molecule has 1 N–H and O–H groups in total. The number of hydrogen-bond acceptors (Lipinski definition) is 9. The van der Waals surface area contributed by atoms with Gasteiger partial charge in [-0.05, 0) is 63.4 Å². The second kappa shape index (κ2) is 9.38. The van der Waals surface area contributed by atoms with Crippen LogP contribution in [0.25, 0.3) is 10.2 Å². The summed E-state index contributed by atoms with van der Waals surface area (Å²) in [6.45, 7) is 9.01. The molecule has 5 rings (SSSR count). The van der Waals surface area contributed by atoms with Crippen molar-refractivity contribution in [1.29, 1.82) is 0 Å². The Hall–Kier alpha value is -3.57. The minimum atomic E-state index is -4.28. The molecule has 0 aliphatic carbocycles. The smallest absolute Gasteiger partial charge is 0.281 e. The molecule has 4 heterocycles. The minimum Gasteiger partial charge on any atom is -0.439 e. The molecule has 1 unspecified atom stereocenters. The highest BCUT2D eigenvalue weighted by atomic mass is 32.2. The Morgan fingerprint density at radius 3 is 2.73 bits per heavy atom. The average Bonchev–Trinajstić information content (AvgIpc) is 3.35. The molecule has 3 aromatic heterocycles. The number of aromatic nitrogens is 3. The Labute approximate surface area is 219 Å². The molecule has 37 heavy (non-hydrogen) atoms. The molecule has 1 aliphatic heterocycles. The van der Waals surface area contributed by atoms with E-state index >= 15 is 0 Å². The van der Waals surface area contributed by atoms with E-state index in [2.05, 4.69) is 45.3 Å². The van der Waals surface area contributed by atoms with Gasteiger partial charge in [0.05, 0.1) is 20.8 Å². The van der Waals surface area contributed by atoms with Gasteiger partial charge in [-0.15, -0.1) is 11.3 Å². The van der Waals surface area contributed by atoms with Crippen LogP contribution < -0.4 is 14.4 Å². The summed E-state index contributed by atoms with van der Waals surface area (Å²) in [4.78, 5) is 28.3. The van der Waals surface area contributed by atoms with Crippen molar-refractivity contribution in [3.63, 3.8) is 0 Å². The van der Waals surface area contributed by atoms with Crippen molar-refractivity contribution in [2.75, 3.05) is 11.4 Å². The number of benzene rings is 1. The van der Waals surface area contributed by atoms with Gasteiger partial charge in [0.25, 0.3) is 15.9 Å². The largest absolute Gasteiger partial charge is 0.439 e. The first-order valence-electron chi connectivity index (χ1n) is 11.9. The van der Waals surface area contributed by atoms with Gasteiger partial charge < -0.3 is 9.64 Å². The normalized spacial score (nSPS) is 17.2. The SMILES string of the molecule is Cc1nc2cc(Oc3cccc(S(=O)(=O)NC(=O)c4cccnc4N4CCC(C)C4(C)C)n3)ccc2s1. The highest BCUT2D eigenvalue weighted by Crippen LogP contribution is 2.38. The fourth-order valence-electron chi connectivity index (χ4n) is 4.44. The molecule has 192 valence electrons. The van der Waals surface area contributed by atoms with Crippen LogP contribution >= 0.6 is 11.3 Å². The topological polar surface area (TPSA) is 114 Å². The maximum absolute atomic E-state index is 13.2. The summed E-state index contributed by atoms with van der Waals surface area (Å²) < 4.78 is 35.2. The van der Waals surface area contributed by atoms with Gasteiger partial charge in [-0.2, -0.15) is 13.4 Å². The Morgan fingerprint density at radius 1 is 1.16 bits per heavy atom. The molecule has 9 nitrogen and oxygen atoms in total. The molecule has 1 fully saturated rings. The van der Waals surface area contributed by atoms with Gasteiger partial charge in [-0.25, -0.2) is 14.7 Å². The van der Waals surface area contributed by atoms with Crippen LogP contribution in [0.1, 0.15) is 42.6 Å². The highest BCUT2D eigenvalue weighted by Gasteiger charge is 2.40. The Morgan fingerprint density at radius 2 is 1.97 bits per heavy atom. The lowest BCUT2D eigenvalue weighted by Crippen LogP contribution is -2.43. The van der Waals surface area contributed by atoms with E-state index in [0.717, 1.165) is 28.2 Å². The molecule has 0 bridgehead atoms. The van der Waals surface area contributed by atoms with E-state index in [0.29, 0.717) is 17.5 Å². The third-order valence-corrected chi connectivity index (χ3v) is 9.05. The summed E-state index contributed by atoms with van der Waals surface area (Å²) in [5.41, 5.74) is 0.752. The molecule has 1 atom stereocenters. The predicted molar refractivity (Wildman–Crippen MR) is 143 cm³/mol. The van der Waals surface area contributed by atoms with Crippen molar-refractivity contribution >= 4 is 43.3 Å². The lowest BCUT2D eigenvalue weighted by atomic mass is 9.90. The molecule has 1 amide bonds. The van der Waals surface area contributed by atoms with Crippen molar-refractivity contribution in [3.8, 4) is 11.6 Å². The highest BCUT2D eigenvalue weighted by molar-refractivity contribution is 7.90. The van der Waals surface area contributed by atoms with Crippen molar-refractivity contribution in [2.45, 2.75) is 44.7 Å². The van der Waals surface area contributed by atoms with E-state index in [1.165, 1.54) is 12.1 Å². The van der Waals surface area contributed by atoms with Gasteiger partial charge in [-0.1, -0.05) is 13.0 Å². The van der Waals surface area contributed by atoms with Gasteiger partial charge in [0.2, 0.25) is 5.88 Å². The van der Waals surface area contributed by atoms with Crippen LogP contribution in [0.3, 0.4) is 0 Å². The monoisotopic (exact) mass is 537 g/mol. The van der Waals surface area contributed by atoms with Gasteiger partial charge in [-0.3, -0.25) is 4.79 Å². The fourth-order valence-corrected chi connectivity index (χ4v) is 6.17. The summed E-state index contributed by atoms with van der Waals surface area (Å²) >= 11 is 1.58. The average molecular weight is 538 g/mol. The van der Waals surface area contributed by atoms with Crippen molar-refractivity contribution < 1.29 is 17.9 Å². The molecule has 1 saturated heterocycles. The zero-order chi connectivity index (χ0) is 26.4.